The minimum Gasteiger partial charge on any atom is -0.348 e. The standard InChI is InChI=1S/C12H19N3O/c1-9(10-6-5-7-14-8-10)15-11(16)12(2,3)13-4/h5-9,13H,1-4H3,(H,15,16)/t9-/m0/s1. The fourth-order valence-corrected chi connectivity index (χ4v) is 1.21. The number of likely N-dealkylation sites (N-methyl/N-ethyl adjacent to an activating group) is 1. The van der Waals surface area contributed by atoms with Gasteiger partial charge in [0.25, 0.3) is 0 Å². The third kappa shape index (κ3) is 3.03. The normalized spacial score (nSPS) is 13.2. The summed E-state index contributed by atoms with van der Waals surface area (Å²) >= 11 is 0. The van der Waals surface area contributed by atoms with Crippen molar-refractivity contribution >= 4 is 5.91 Å². The van der Waals surface area contributed by atoms with Gasteiger partial charge in [-0.15, -0.1) is 0 Å². The number of aromatic nitrogens is 1. The van der Waals surface area contributed by atoms with Gasteiger partial charge in [0.1, 0.15) is 0 Å². The van der Waals surface area contributed by atoms with Crippen molar-refractivity contribution in [1.82, 2.24) is 15.6 Å². The van der Waals surface area contributed by atoms with Gasteiger partial charge in [-0.3, -0.25) is 9.78 Å². The Morgan fingerprint density at radius 3 is 2.69 bits per heavy atom. The van der Waals surface area contributed by atoms with Crippen LogP contribution in [0.25, 0.3) is 0 Å². The maximum Gasteiger partial charge on any atom is 0.240 e. The first kappa shape index (κ1) is 12.6. The van der Waals surface area contributed by atoms with E-state index in [4.69, 9.17) is 0 Å². The van der Waals surface area contributed by atoms with Gasteiger partial charge in [-0.05, 0) is 39.4 Å². The molecule has 4 heteroatoms. The van der Waals surface area contributed by atoms with Crippen molar-refractivity contribution in [1.29, 1.82) is 0 Å². The van der Waals surface area contributed by atoms with Crippen LogP contribution in [-0.2, 0) is 4.79 Å². The summed E-state index contributed by atoms with van der Waals surface area (Å²) in [4.78, 5) is 15.9. The zero-order valence-electron chi connectivity index (χ0n) is 10.2. The Bertz CT molecular complexity index is 349. The molecule has 1 aromatic rings. The first-order chi connectivity index (χ1) is 7.47. The second-order valence-corrected chi connectivity index (χ2v) is 4.36. The molecule has 1 heterocycles. The van der Waals surface area contributed by atoms with Crippen LogP contribution in [0.15, 0.2) is 24.5 Å². The molecular weight excluding hydrogens is 202 g/mol. The van der Waals surface area contributed by atoms with Gasteiger partial charge in [0.15, 0.2) is 0 Å². The molecule has 0 aromatic carbocycles. The third-order valence-corrected chi connectivity index (χ3v) is 2.72. The lowest BCUT2D eigenvalue weighted by molar-refractivity contribution is -0.126. The number of rotatable bonds is 4. The highest BCUT2D eigenvalue weighted by Gasteiger charge is 2.26. The molecule has 0 saturated heterocycles. The summed E-state index contributed by atoms with van der Waals surface area (Å²) in [6.07, 6.45) is 3.48. The third-order valence-electron chi connectivity index (χ3n) is 2.72. The van der Waals surface area contributed by atoms with E-state index in [2.05, 4.69) is 15.6 Å². The minimum atomic E-state index is -0.559. The minimum absolute atomic E-state index is 0.0219. The van der Waals surface area contributed by atoms with Crippen LogP contribution < -0.4 is 10.6 Å². The summed E-state index contributed by atoms with van der Waals surface area (Å²) in [6.45, 7) is 5.64. The van der Waals surface area contributed by atoms with Crippen LogP contribution in [0, 0.1) is 0 Å². The zero-order chi connectivity index (χ0) is 12.2. The maximum absolute atomic E-state index is 11.9. The molecule has 4 nitrogen and oxygen atoms in total. The lowest BCUT2D eigenvalue weighted by atomic mass is 10.0. The molecule has 1 aromatic heterocycles. The molecule has 2 N–H and O–H groups in total. The molecule has 0 aliphatic heterocycles. The van der Waals surface area contributed by atoms with E-state index in [9.17, 15) is 4.79 Å². The smallest absolute Gasteiger partial charge is 0.240 e. The number of nitrogens with zero attached hydrogens (tertiary/aromatic N) is 1. The molecule has 0 bridgehead atoms. The van der Waals surface area contributed by atoms with Crippen LogP contribution in [0.3, 0.4) is 0 Å². The Kier molecular flexibility index (Phi) is 4.01. The molecule has 1 rings (SSSR count). The lowest BCUT2D eigenvalue weighted by Gasteiger charge is -2.25. The SMILES string of the molecule is CNC(C)(C)C(=O)N[C@@H](C)c1cccnc1. The molecule has 1 atom stereocenters. The molecule has 0 saturated carbocycles. The van der Waals surface area contributed by atoms with E-state index in [0.717, 1.165) is 5.56 Å². The average Bonchev–Trinajstić information content (AvgIpc) is 2.30. The first-order valence-corrected chi connectivity index (χ1v) is 5.37. The predicted molar refractivity (Wildman–Crippen MR) is 63.9 cm³/mol. The van der Waals surface area contributed by atoms with Crippen LogP contribution in [0.4, 0.5) is 0 Å². The maximum atomic E-state index is 11.9. The summed E-state index contributed by atoms with van der Waals surface area (Å²) in [6, 6.07) is 3.78. The van der Waals surface area contributed by atoms with Gasteiger partial charge in [-0.1, -0.05) is 6.07 Å². The van der Waals surface area contributed by atoms with Crippen LogP contribution >= 0.6 is 0 Å². The van der Waals surface area contributed by atoms with Crippen LogP contribution in [0.5, 0.6) is 0 Å². The van der Waals surface area contributed by atoms with Crippen molar-refractivity contribution in [3.63, 3.8) is 0 Å². The number of pyridine rings is 1. The van der Waals surface area contributed by atoms with Crippen molar-refractivity contribution in [2.75, 3.05) is 7.05 Å². The summed E-state index contributed by atoms with van der Waals surface area (Å²) in [5, 5.41) is 5.92. The molecule has 0 spiro atoms. The lowest BCUT2D eigenvalue weighted by Crippen LogP contribution is -2.51. The van der Waals surface area contributed by atoms with Gasteiger partial charge in [0.05, 0.1) is 11.6 Å². The summed E-state index contributed by atoms with van der Waals surface area (Å²) < 4.78 is 0. The Morgan fingerprint density at radius 1 is 1.50 bits per heavy atom. The first-order valence-electron chi connectivity index (χ1n) is 5.37. The molecule has 88 valence electrons. The zero-order valence-corrected chi connectivity index (χ0v) is 10.2. The van der Waals surface area contributed by atoms with Gasteiger partial charge < -0.3 is 10.6 Å². The Morgan fingerprint density at radius 2 is 2.19 bits per heavy atom. The molecular formula is C12H19N3O. The van der Waals surface area contributed by atoms with Gasteiger partial charge in [-0.2, -0.15) is 0 Å². The van der Waals surface area contributed by atoms with Crippen molar-refractivity contribution < 1.29 is 4.79 Å². The highest BCUT2D eigenvalue weighted by molar-refractivity contribution is 5.85. The fourth-order valence-electron chi connectivity index (χ4n) is 1.21. The number of carbonyl (C=O) groups is 1. The molecule has 0 unspecified atom stereocenters. The number of amides is 1. The summed E-state index contributed by atoms with van der Waals surface area (Å²) in [7, 11) is 1.77. The largest absolute Gasteiger partial charge is 0.348 e. The number of carbonyl (C=O) groups excluding carboxylic acids is 1. The monoisotopic (exact) mass is 221 g/mol. The van der Waals surface area contributed by atoms with Crippen LogP contribution in [0.2, 0.25) is 0 Å². The van der Waals surface area contributed by atoms with E-state index in [0.29, 0.717) is 0 Å². The highest BCUT2D eigenvalue weighted by Crippen LogP contribution is 2.11. The van der Waals surface area contributed by atoms with Crippen molar-refractivity contribution in [3.8, 4) is 0 Å². The fraction of sp³-hybridized carbons (Fsp3) is 0.500. The quantitative estimate of drug-likeness (QED) is 0.804. The summed E-state index contributed by atoms with van der Waals surface area (Å²) in [5.41, 5.74) is 0.443. The second-order valence-electron chi connectivity index (χ2n) is 4.36. The van der Waals surface area contributed by atoms with Gasteiger partial charge >= 0.3 is 0 Å². The molecule has 0 radical (unpaired) electrons. The number of hydrogen-bond acceptors (Lipinski definition) is 3. The van der Waals surface area contributed by atoms with Crippen molar-refractivity contribution in [2.45, 2.75) is 32.4 Å². The molecule has 0 fully saturated rings. The average molecular weight is 221 g/mol. The van der Waals surface area contributed by atoms with Crippen LogP contribution in [-0.4, -0.2) is 23.5 Å². The second kappa shape index (κ2) is 5.07. The Labute approximate surface area is 96.5 Å². The van der Waals surface area contributed by atoms with E-state index >= 15 is 0 Å². The molecule has 16 heavy (non-hydrogen) atoms. The van der Waals surface area contributed by atoms with Crippen molar-refractivity contribution in [3.05, 3.63) is 30.1 Å². The van der Waals surface area contributed by atoms with E-state index in [1.807, 2.05) is 32.9 Å². The number of nitrogens with one attached hydrogen (secondary N) is 2. The predicted octanol–water partition coefficient (Wildman–Crippen LogP) is 1.26. The van der Waals surface area contributed by atoms with E-state index in [-0.39, 0.29) is 11.9 Å². The van der Waals surface area contributed by atoms with Gasteiger partial charge in [0, 0.05) is 12.4 Å². The van der Waals surface area contributed by atoms with E-state index in [1.165, 1.54) is 0 Å². The summed E-state index contributed by atoms with van der Waals surface area (Å²) in [5.74, 6) is -0.0219. The Hall–Kier alpha value is -1.42. The Balaban J connectivity index is 2.66. The molecule has 0 aliphatic carbocycles. The molecule has 0 aliphatic rings. The highest BCUT2D eigenvalue weighted by atomic mass is 16.2. The van der Waals surface area contributed by atoms with Gasteiger partial charge in [0.2, 0.25) is 5.91 Å². The topological polar surface area (TPSA) is 54.0 Å². The number of hydrogen-bond donors (Lipinski definition) is 2. The van der Waals surface area contributed by atoms with E-state index in [1.54, 1.807) is 19.4 Å². The van der Waals surface area contributed by atoms with Gasteiger partial charge in [-0.25, -0.2) is 0 Å². The van der Waals surface area contributed by atoms with Crippen molar-refractivity contribution in [2.24, 2.45) is 0 Å². The van der Waals surface area contributed by atoms with E-state index < -0.39 is 5.54 Å². The van der Waals surface area contributed by atoms with Crippen LogP contribution in [0.1, 0.15) is 32.4 Å². The molecule has 1 amide bonds.